The quantitative estimate of drug-likeness (QED) is 0.132. The van der Waals surface area contributed by atoms with Crippen LogP contribution in [0.5, 0.6) is 23.0 Å². The molecular formula is C53H61NO4. The first-order chi connectivity index (χ1) is 28.4. The molecule has 302 valence electrons. The van der Waals surface area contributed by atoms with E-state index in [1.54, 1.807) is 24.3 Å². The highest BCUT2D eigenvalue weighted by atomic mass is 16.5. The van der Waals surface area contributed by atoms with Crippen LogP contribution in [0.2, 0.25) is 0 Å². The molecule has 5 aromatic rings. The summed E-state index contributed by atoms with van der Waals surface area (Å²) in [6.07, 6.45) is 15.5. The van der Waals surface area contributed by atoms with Gasteiger partial charge in [-0.1, -0.05) is 110 Å². The minimum Gasteiger partial charge on any atom is -0.508 e. The van der Waals surface area contributed by atoms with Crippen molar-refractivity contribution in [3.8, 4) is 23.0 Å². The number of hydrogen-bond acceptors (Lipinski definition) is 5. The average Bonchev–Trinajstić information content (AvgIpc) is 3.21. The Kier molecular flexibility index (Phi) is 14.4. The zero-order valence-electron chi connectivity index (χ0n) is 34.6. The fraction of sp³-hybridized carbons (Fsp3) is 0.358. The maximum Gasteiger partial charge on any atom is 0.119 e. The number of likely N-dealkylation sites (N-methyl/N-ethyl adjacent to an activating group) is 1. The second kappa shape index (κ2) is 20.4. The fourth-order valence-corrected chi connectivity index (χ4v) is 8.75. The summed E-state index contributed by atoms with van der Waals surface area (Å²) in [5, 5.41) is 20.1. The average molecular weight is 776 g/mol. The Hall–Kier alpha value is -5.26. The van der Waals surface area contributed by atoms with E-state index in [9.17, 15) is 10.2 Å². The number of aromatic hydroxyl groups is 2. The summed E-state index contributed by atoms with van der Waals surface area (Å²) >= 11 is 0. The number of ether oxygens (including phenoxy) is 2. The lowest BCUT2D eigenvalue weighted by molar-refractivity contribution is 0.261. The molecule has 5 aromatic carbocycles. The van der Waals surface area contributed by atoms with Gasteiger partial charge < -0.3 is 24.6 Å². The highest BCUT2D eigenvalue weighted by Gasteiger charge is 2.20. The highest BCUT2D eigenvalue weighted by Crippen LogP contribution is 2.39. The number of nitrogens with zero attached hydrogens (tertiary/aromatic N) is 1. The minimum atomic E-state index is 0.288. The predicted octanol–water partition coefficient (Wildman–Crippen LogP) is 13.1. The monoisotopic (exact) mass is 775 g/mol. The van der Waals surface area contributed by atoms with Gasteiger partial charge in [-0.25, -0.2) is 0 Å². The van der Waals surface area contributed by atoms with Crippen molar-refractivity contribution in [2.45, 2.75) is 96.0 Å². The molecule has 5 heteroatoms. The van der Waals surface area contributed by atoms with Gasteiger partial charge in [0.2, 0.25) is 0 Å². The van der Waals surface area contributed by atoms with Gasteiger partial charge in [-0.3, -0.25) is 0 Å². The van der Waals surface area contributed by atoms with Gasteiger partial charge >= 0.3 is 0 Å². The molecule has 0 spiro atoms. The van der Waals surface area contributed by atoms with Crippen molar-refractivity contribution in [1.82, 2.24) is 4.90 Å². The van der Waals surface area contributed by atoms with E-state index in [1.165, 1.54) is 95.1 Å². The highest BCUT2D eigenvalue weighted by molar-refractivity contribution is 5.83. The van der Waals surface area contributed by atoms with Crippen molar-refractivity contribution < 1.29 is 19.7 Å². The smallest absolute Gasteiger partial charge is 0.119 e. The Balaban J connectivity index is 1.02. The molecule has 0 saturated heterocycles. The fourth-order valence-electron chi connectivity index (χ4n) is 8.75. The molecule has 0 bridgehead atoms. The van der Waals surface area contributed by atoms with Gasteiger partial charge in [-0.15, -0.1) is 0 Å². The molecule has 2 saturated carbocycles. The molecule has 0 aromatic heterocycles. The molecule has 1 unspecified atom stereocenters. The predicted molar refractivity (Wildman–Crippen MR) is 239 cm³/mol. The molecule has 58 heavy (non-hydrogen) atoms. The van der Waals surface area contributed by atoms with Crippen molar-refractivity contribution in [3.05, 3.63) is 166 Å². The van der Waals surface area contributed by atoms with E-state index in [-0.39, 0.29) is 5.75 Å². The van der Waals surface area contributed by atoms with E-state index >= 15 is 0 Å². The molecule has 2 aliphatic rings. The van der Waals surface area contributed by atoms with Gasteiger partial charge in [0.1, 0.15) is 36.2 Å². The number of benzene rings is 5. The zero-order chi connectivity index (χ0) is 40.1. The largest absolute Gasteiger partial charge is 0.508 e. The molecule has 0 aliphatic heterocycles. The van der Waals surface area contributed by atoms with Crippen LogP contribution in [-0.4, -0.2) is 42.4 Å². The van der Waals surface area contributed by atoms with Gasteiger partial charge in [0.15, 0.2) is 0 Å². The molecule has 5 nitrogen and oxygen atoms in total. The van der Waals surface area contributed by atoms with Crippen LogP contribution in [0.4, 0.5) is 0 Å². The first-order valence-electron chi connectivity index (χ1n) is 21.6. The van der Waals surface area contributed by atoms with E-state index in [0.29, 0.717) is 24.9 Å². The minimum absolute atomic E-state index is 0.288. The number of hydrogen-bond donors (Lipinski definition) is 2. The lowest BCUT2D eigenvalue weighted by Gasteiger charge is -2.24. The van der Waals surface area contributed by atoms with E-state index in [1.807, 2.05) is 0 Å². The van der Waals surface area contributed by atoms with E-state index in [2.05, 4.69) is 116 Å². The third-order valence-electron chi connectivity index (χ3n) is 12.0. The molecule has 7 rings (SSSR count). The molecule has 0 radical (unpaired) electrons. The molecule has 1 atom stereocenters. The molecule has 2 aliphatic carbocycles. The van der Waals surface area contributed by atoms with E-state index in [4.69, 9.17) is 9.47 Å². The molecule has 0 amide bonds. The summed E-state index contributed by atoms with van der Waals surface area (Å²) in [5.41, 5.74) is 12.9. The normalized spacial score (nSPS) is 17.4. The van der Waals surface area contributed by atoms with Gasteiger partial charge in [-0.2, -0.15) is 0 Å². The lowest BCUT2D eigenvalue weighted by Crippen LogP contribution is -2.19. The SMILES string of the molecule is CN(C)CCOc1ccc(/C(=C2\CCCCC(c3ccc(COc4ccc(C(=C5CCCCCCC5)c5ccc(O)cc5)cc4)cc3)CC2)c2ccc(O)cc2)cc1. The van der Waals surface area contributed by atoms with Crippen LogP contribution < -0.4 is 9.47 Å². The van der Waals surface area contributed by atoms with Crippen molar-refractivity contribution in [1.29, 1.82) is 0 Å². The zero-order valence-corrected chi connectivity index (χ0v) is 34.6. The third kappa shape index (κ3) is 11.2. The summed E-state index contributed by atoms with van der Waals surface area (Å²) in [6, 6.07) is 41.7. The summed E-state index contributed by atoms with van der Waals surface area (Å²) in [7, 11) is 4.11. The Morgan fingerprint density at radius 1 is 0.500 bits per heavy atom. The number of allylic oxidation sites excluding steroid dienone is 2. The number of phenolic OH excluding ortho intramolecular Hbond substituents is 2. The molecule has 0 heterocycles. The van der Waals surface area contributed by atoms with Gasteiger partial charge in [-0.05, 0) is 171 Å². The van der Waals surface area contributed by atoms with Gasteiger partial charge in [0.25, 0.3) is 0 Å². The molecule has 2 N–H and O–H groups in total. The van der Waals surface area contributed by atoms with Crippen LogP contribution in [0.1, 0.15) is 123 Å². The van der Waals surface area contributed by atoms with Crippen molar-refractivity contribution in [2.75, 3.05) is 27.2 Å². The van der Waals surface area contributed by atoms with Crippen molar-refractivity contribution in [3.63, 3.8) is 0 Å². The third-order valence-corrected chi connectivity index (χ3v) is 12.0. The maximum atomic E-state index is 10.1. The molecular weight excluding hydrogens is 715 g/mol. The Bertz CT molecular complexity index is 2080. The topological polar surface area (TPSA) is 62.2 Å². The van der Waals surface area contributed by atoms with Crippen molar-refractivity contribution in [2.24, 2.45) is 0 Å². The first-order valence-corrected chi connectivity index (χ1v) is 21.6. The summed E-state index contributed by atoms with van der Waals surface area (Å²) < 4.78 is 12.4. The van der Waals surface area contributed by atoms with E-state index < -0.39 is 0 Å². The Labute approximate surface area is 346 Å². The maximum absolute atomic E-state index is 10.1. The van der Waals surface area contributed by atoms with Crippen LogP contribution in [-0.2, 0) is 6.61 Å². The number of rotatable bonds is 12. The lowest BCUT2D eigenvalue weighted by atomic mass is 9.81. The van der Waals surface area contributed by atoms with Gasteiger partial charge in [0, 0.05) is 6.54 Å². The van der Waals surface area contributed by atoms with Crippen LogP contribution in [0.25, 0.3) is 11.1 Å². The first kappa shape index (κ1) is 40.9. The van der Waals surface area contributed by atoms with Crippen molar-refractivity contribution >= 4 is 11.1 Å². The standard InChI is InChI=1S/C53H61NO4/c1-54(2)36-37-57-50-32-24-47(25-33-50)53(45-22-30-49(56)31-23-45)43-13-9-8-10-40(18-19-43)41-16-14-39(15-17-41)38-58-51-34-26-46(27-35-51)52(44-20-28-48(55)29-21-44)42-11-6-4-3-5-7-12-42/h14-17,20-35,40,55-56H,3-13,18-19,36-38H2,1-2H3/b53-43+. The second-order valence-corrected chi connectivity index (χ2v) is 16.5. The summed E-state index contributed by atoms with van der Waals surface area (Å²) in [5.74, 6) is 2.85. The van der Waals surface area contributed by atoms with E-state index in [0.717, 1.165) is 62.1 Å². The van der Waals surface area contributed by atoms with Crippen LogP contribution >= 0.6 is 0 Å². The van der Waals surface area contributed by atoms with Crippen LogP contribution in [0, 0.1) is 0 Å². The Morgan fingerprint density at radius 3 is 1.47 bits per heavy atom. The summed E-state index contributed by atoms with van der Waals surface area (Å²) in [4.78, 5) is 2.13. The van der Waals surface area contributed by atoms with Crippen LogP contribution in [0.15, 0.2) is 132 Å². The second-order valence-electron chi connectivity index (χ2n) is 16.5. The Morgan fingerprint density at radius 2 is 0.948 bits per heavy atom. The summed E-state index contributed by atoms with van der Waals surface area (Å²) in [6.45, 7) is 2.06. The van der Waals surface area contributed by atoms with Crippen LogP contribution in [0.3, 0.4) is 0 Å². The molecule has 2 fully saturated rings. The number of phenols is 2. The van der Waals surface area contributed by atoms with Gasteiger partial charge in [0.05, 0.1) is 0 Å².